The first-order valence-electron chi connectivity index (χ1n) is 9.28. The highest BCUT2D eigenvalue weighted by molar-refractivity contribution is 7.92. The van der Waals surface area contributed by atoms with Crippen LogP contribution in [0.2, 0.25) is 0 Å². The zero-order valence-corrected chi connectivity index (χ0v) is 16.6. The van der Waals surface area contributed by atoms with E-state index >= 15 is 0 Å². The van der Waals surface area contributed by atoms with Crippen molar-refractivity contribution in [1.82, 2.24) is 4.98 Å². The fraction of sp³-hybridized carbons (Fsp3) is 0.182. The molecule has 4 rings (SSSR count). The molecule has 0 atom stereocenters. The molecule has 0 bridgehead atoms. The van der Waals surface area contributed by atoms with Crippen molar-refractivity contribution in [3.05, 3.63) is 83.6 Å². The molecule has 1 heterocycles. The summed E-state index contributed by atoms with van der Waals surface area (Å²) in [6.07, 6.45) is 3.81. The summed E-state index contributed by atoms with van der Waals surface area (Å²) in [7, 11) is -3.91. The molecule has 148 valence electrons. The molecular weight excluding hydrogens is 388 g/mol. The number of pyridine rings is 1. The Balaban J connectivity index is 1.62. The highest BCUT2D eigenvalue weighted by Gasteiger charge is 2.24. The van der Waals surface area contributed by atoms with Gasteiger partial charge in [-0.25, -0.2) is 13.4 Å². The summed E-state index contributed by atoms with van der Waals surface area (Å²) in [5, 5.41) is 0. The van der Waals surface area contributed by atoms with E-state index in [1.54, 1.807) is 49.4 Å². The molecule has 0 spiro atoms. The SMILES string of the molecule is Cc1cnc(NS(=O)(=O)c2ccc(OC3CC3)cc2)c(C(=O)c2ccccc2)c1. The van der Waals surface area contributed by atoms with Gasteiger partial charge in [0.15, 0.2) is 11.6 Å². The van der Waals surface area contributed by atoms with Crippen LogP contribution >= 0.6 is 0 Å². The Hall–Kier alpha value is -3.19. The Morgan fingerprint density at radius 2 is 1.76 bits per heavy atom. The van der Waals surface area contributed by atoms with Crippen molar-refractivity contribution >= 4 is 21.6 Å². The average molecular weight is 408 g/mol. The average Bonchev–Trinajstić information content (AvgIpc) is 3.54. The summed E-state index contributed by atoms with van der Waals surface area (Å²) in [4.78, 5) is 17.1. The van der Waals surface area contributed by atoms with Crippen LogP contribution in [0.4, 0.5) is 5.82 Å². The topological polar surface area (TPSA) is 85.4 Å². The maximum atomic E-state index is 12.9. The maximum Gasteiger partial charge on any atom is 0.263 e. The third-order valence-electron chi connectivity index (χ3n) is 4.50. The number of rotatable bonds is 7. The molecule has 1 aromatic heterocycles. The number of anilines is 1. The van der Waals surface area contributed by atoms with Crippen molar-refractivity contribution in [3.8, 4) is 5.75 Å². The van der Waals surface area contributed by atoms with Crippen molar-refractivity contribution in [2.75, 3.05) is 4.72 Å². The summed E-state index contributed by atoms with van der Waals surface area (Å²) >= 11 is 0. The monoisotopic (exact) mass is 408 g/mol. The number of ether oxygens (including phenoxy) is 1. The van der Waals surface area contributed by atoms with Crippen LogP contribution in [0.15, 0.2) is 71.8 Å². The number of nitrogens with zero attached hydrogens (tertiary/aromatic N) is 1. The lowest BCUT2D eigenvalue weighted by molar-refractivity contribution is 0.103. The summed E-state index contributed by atoms with van der Waals surface area (Å²) in [6, 6.07) is 16.5. The van der Waals surface area contributed by atoms with E-state index in [1.807, 2.05) is 6.07 Å². The number of benzene rings is 2. The van der Waals surface area contributed by atoms with Gasteiger partial charge in [-0.05, 0) is 55.7 Å². The molecule has 2 aromatic carbocycles. The van der Waals surface area contributed by atoms with Gasteiger partial charge in [-0.1, -0.05) is 30.3 Å². The molecule has 1 saturated carbocycles. The van der Waals surface area contributed by atoms with Gasteiger partial charge in [0.25, 0.3) is 10.0 Å². The maximum absolute atomic E-state index is 12.9. The van der Waals surface area contributed by atoms with Gasteiger partial charge >= 0.3 is 0 Å². The molecule has 3 aromatic rings. The summed E-state index contributed by atoms with van der Waals surface area (Å²) in [6.45, 7) is 1.80. The number of nitrogens with one attached hydrogen (secondary N) is 1. The third-order valence-corrected chi connectivity index (χ3v) is 5.85. The van der Waals surface area contributed by atoms with Crippen LogP contribution in [0.5, 0.6) is 5.75 Å². The molecule has 0 amide bonds. The second-order valence-electron chi connectivity index (χ2n) is 7.00. The smallest absolute Gasteiger partial charge is 0.263 e. The fourth-order valence-corrected chi connectivity index (χ4v) is 3.86. The standard InChI is InChI=1S/C22H20N2O4S/c1-15-13-20(21(25)16-5-3-2-4-6-16)22(23-14-15)24-29(26,27)19-11-9-18(10-12-19)28-17-7-8-17/h2-6,9-14,17H,7-8H2,1H3,(H,23,24). The lowest BCUT2D eigenvalue weighted by Gasteiger charge is -2.12. The van der Waals surface area contributed by atoms with Gasteiger partial charge in [-0.2, -0.15) is 0 Å². The van der Waals surface area contributed by atoms with Crippen molar-refractivity contribution < 1.29 is 17.9 Å². The van der Waals surface area contributed by atoms with Crippen LogP contribution in [-0.4, -0.2) is 25.3 Å². The van der Waals surface area contributed by atoms with Crippen LogP contribution in [0.3, 0.4) is 0 Å². The van der Waals surface area contributed by atoms with Crippen LogP contribution in [0.25, 0.3) is 0 Å². The number of hydrogen-bond acceptors (Lipinski definition) is 5. The number of carbonyl (C=O) groups excluding carboxylic acids is 1. The zero-order valence-electron chi connectivity index (χ0n) is 15.8. The highest BCUT2D eigenvalue weighted by Crippen LogP contribution is 2.28. The molecule has 7 heteroatoms. The Morgan fingerprint density at radius 1 is 1.07 bits per heavy atom. The molecule has 0 aliphatic heterocycles. The third kappa shape index (κ3) is 4.46. The van der Waals surface area contributed by atoms with Gasteiger partial charge in [0.2, 0.25) is 0 Å². The quantitative estimate of drug-likeness (QED) is 0.598. The number of aromatic nitrogens is 1. The van der Waals surface area contributed by atoms with Gasteiger partial charge in [0.05, 0.1) is 16.6 Å². The van der Waals surface area contributed by atoms with Crippen molar-refractivity contribution in [3.63, 3.8) is 0 Å². The number of ketones is 1. The fourth-order valence-electron chi connectivity index (χ4n) is 2.83. The normalized spacial score (nSPS) is 13.7. The zero-order chi connectivity index (χ0) is 20.4. The van der Waals surface area contributed by atoms with Crippen molar-refractivity contribution in [1.29, 1.82) is 0 Å². The molecule has 6 nitrogen and oxygen atoms in total. The number of aryl methyl sites for hydroxylation is 1. The summed E-state index contributed by atoms with van der Waals surface area (Å²) in [5.74, 6) is 0.343. The van der Waals surface area contributed by atoms with Crippen molar-refractivity contribution in [2.45, 2.75) is 30.8 Å². The highest BCUT2D eigenvalue weighted by atomic mass is 32.2. The van der Waals surface area contributed by atoms with Crippen LogP contribution in [0.1, 0.15) is 34.3 Å². The van der Waals surface area contributed by atoms with Gasteiger partial charge in [-0.15, -0.1) is 0 Å². The predicted octanol–water partition coefficient (Wildman–Crippen LogP) is 3.96. The molecule has 1 N–H and O–H groups in total. The molecular formula is C22H20N2O4S. The predicted molar refractivity (Wildman–Crippen MR) is 110 cm³/mol. The number of sulfonamides is 1. The van der Waals surface area contributed by atoms with Crippen molar-refractivity contribution in [2.24, 2.45) is 0 Å². The molecule has 1 aliphatic carbocycles. The van der Waals surface area contributed by atoms with E-state index in [9.17, 15) is 13.2 Å². The second kappa shape index (κ2) is 7.67. The Labute approximate surface area is 169 Å². The molecule has 1 fully saturated rings. The van der Waals surface area contributed by atoms with Crippen LogP contribution < -0.4 is 9.46 Å². The molecule has 0 radical (unpaired) electrons. The van der Waals surface area contributed by atoms with Crippen LogP contribution in [0, 0.1) is 6.92 Å². The minimum absolute atomic E-state index is 0.00256. The van der Waals surface area contributed by atoms with Gasteiger partial charge in [0.1, 0.15) is 5.75 Å². The second-order valence-corrected chi connectivity index (χ2v) is 8.68. The van der Waals surface area contributed by atoms with E-state index < -0.39 is 10.0 Å². The molecule has 29 heavy (non-hydrogen) atoms. The van der Waals surface area contributed by atoms with Gasteiger partial charge < -0.3 is 4.74 Å². The Bertz CT molecular complexity index is 1140. The number of hydrogen-bond donors (Lipinski definition) is 1. The minimum atomic E-state index is -3.91. The molecule has 0 unspecified atom stereocenters. The van der Waals surface area contributed by atoms with E-state index in [1.165, 1.54) is 18.3 Å². The van der Waals surface area contributed by atoms with E-state index in [0.29, 0.717) is 11.3 Å². The minimum Gasteiger partial charge on any atom is -0.490 e. The first-order valence-corrected chi connectivity index (χ1v) is 10.8. The van der Waals surface area contributed by atoms with Crippen LogP contribution in [-0.2, 0) is 10.0 Å². The van der Waals surface area contributed by atoms with Gasteiger partial charge in [0, 0.05) is 11.8 Å². The van der Waals surface area contributed by atoms with Gasteiger partial charge in [-0.3, -0.25) is 9.52 Å². The van der Waals surface area contributed by atoms with E-state index in [2.05, 4.69) is 9.71 Å². The Morgan fingerprint density at radius 3 is 2.41 bits per heavy atom. The first kappa shape index (κ1) is 19.1. The number of carbonyl (C=O) groups is 1. The lowest BCUT2D eigenvalue weighted by Crippen LogP contribution is -2.17. The Kier molecular flexibility index (Phi) is 5.07. The summed E-state index contributed by atoms with van der Waals surface area (Å²) in [5.41, 5.74) is 1.42. The first-order chi connectivity index (χ1) is 13.9. The molecule has 1 aliphatic rings. The molecule has 0 saturated heterocycles. The lowest BCUT2D eigenvalue weighted by atomic mass is 10.0. The van der Waals surface area contributed by atoms with E-state index in [-0.39, 0.29) is 28.2 Å². The van der Waals surface area contributed by atoms with E-state index in [0.717, 1.165) is 18.4 Å². The largest absolute Gasteiger partial charge is 0.490 e. The van der Waals surface area contributed by atoms with E-state index in [4.69, 9.17) is 4.74 Å². The summed E-state index contributed by atoms with van der Waals surface area (Å²) < 4.78 is 33.8.